The molecule has 36 heavy (non-hydrogen) atoms. The van der Waals surface area contributed by atoms with E-state index in [9.17, 15) is 14.7 Å². The molecule has 196 valence electrons. The van der Waals surface area contributed by atoms with E-state index in [0.717, 1.165) is 29.7 Å². The molecule has 0 aromatic carbocycles. The van der Waals surface area contributed by atoms with Gasteiger partial charge < -0.3 is 15.7 Å². The molecular formula is C28H39N3O4S. The van der Waals surface area contributed by atoms with Gasteiger partial charge in [0.15, 0.2) is 0 Å². The van der Waals surface area contributed by atoms with Crippen LogP contribution in [0.15, 0.2) is 41.1 Å². The summed E-state index contributed by atoms with van der Waals surface area (Å²) in [7, 11) is 0. The lowest BCUT2D eigenvalue weighted by Gasteiger charge is -2.61. The predicted octanol–water partition coefficient (Wildman–Crippen LogP) is 4.37. The minimum atomic E-state index is -0.671. The smallest absolute Gasteiger partial charge is 0.316 e. The zero-order valence-electron chi connectivity index (χ0n) is 21.8. The molecule has 1 aromatic heterocycles. The van der Waals surface area contributed by atoms with Crippen molar-refractivity contribution in [1.82, 2.24) is 4.98 Å². The second kappa shape index (κ2) is 9.93. The Labute approximate surface area is 218 Å². The Morgan fingerprint density at radius 3 is 2.81 bits per heavy atom. The summed E-state index contributed by atoms with van der Waals surface area (Å²) in [4.78, 5) is 31.7. The van der Waals surface area contributed by atoms with Gasteiger partial charge in [-0.15, -0.1) is 18.3 Å². The van der Waals surface area contributed by atoms with E-state index in [1.807, 2.05) is 19.1 Å². The zero-order valence-corrected chi connectivity index (χ0v) is 22.6. The van der Waals surface area contributed by atoms with Gasteiger partial charge >= 0.3 is 5.97 Å². The van der Waals surface area contributed by atoms with Crippen molar-refractivity contribution in [3.8, 4) is 0 Å². The number of nitrogens with two attached hydrogens (primary N) is 1. The molecule has 0 amide bonds. The van der Waals surface area contributed by atoms with Gasteiger partial charge in [0.25, 0.3) is 0 Å². The topological polar surface area (TPSA) is 115 Å². The lowest BCUT2D eigenvalue weighted by molar-refractivity contribution is -0.205. The van der Waals surface area contributed by atoms with Crippen molar-refractivity contribution in [1.29, 1.82) is 0 Å². The largest absolute Gasteiger partial charge is 0.461 e. The number of ether oxygens (including phenoxy) is 1. The Hall–Kier alpha value is -2.19. The fourth-order valence-corrected chi connectivity index (χ4v) is 8.21. The van der Waals surface area contributed by atoms with Crippen molar-refractivity contribution < 1.29 is 19.4 Å². The summed E-state index contributed by atoms with van der Waals surface area (Å²) in [5.74, 6) is 5.19. The number of pyridine rings is 1. The Bertz CT molecular complexity index is 1060. The molecule has 0 radical (unpaired) electrons. The van der Waals surface area contributed by atoms with Crippen LogP contribution in [-0.2, 0) is 14.3 Å². The normalized spacial score (nSPS) is 40.4. The van der Waals surface area contributed by atoms with Crippen molar-refractivity contribution in [2.24, 2.45) is 44.9 Å². The highest BCUT2D eigenvalue weighted by Gasteiger charge is 2.68. The van der Waals surface area contributed by atoms with Gasteiger partial charge in [0, 0.05) is 46.0 Å². The van der Waals surface area contributed by atoms with Crippen LogP contribution in [0.4, 0.5) is 0 Å². The fraction of sp³-hybridized carbons (Fsp3) is 0.643. The Morgan fingerprint density at radius 1 is 1.36 bits per heavy atom. The first-order valence-electron chi connectivity index (χ1n) is 12.9. The maximum Gasteiger partial charge on any atom is 0.316 e. The molecule has 7 nitrogen and oxygen atoms in total. The first-order chi connectivity index (χ1) is 17.0. The predicted molar refractivity (Wildman–Crippen MR) is 141 cm³/mol. The van der Waals surface area contributed by atoms with E-state index in [1.165, 1.54) is 18.0 Å². The number of Topliss-reactive ketones (excluding diaryl/α,β-unsaturated/α-hetero) is 1. The minimum absolute atomic E-state index is 0.0483. The second-order valence-corrected chi connectivity index (χ2v) is 12.6. The fourth-order valence-electron chi connectivity index (χ4n) is 7.51. The monoisotopic (exact) mass is 513 g/mol. The Kier molecular flexibility index (Phi) is 7.41. The number of hydrazone groups is 1. The van der Waals surface area contributed by atoms with Crippen LogP contribution in [-0.4, -0.2) is 46.0 Å². The number of nitrogens with zero attached hydrogens (tertiary/aromatic N) is 2. The lowest BCUT2D eigenvalue weighted by atomic mass is 9.44. The van der Waals surface area contributed by atoms with E-state index in [1.54, 1.807) is 12.4 Å². The van der Waals surface area contributed by atoms with Crippen LogP contribution in [0.3, 0.4) is 0 Å². The average molecular weight is 514 g/mol. The third-order valence-corrected chi connectivity index (χ3v) is 10.8. The lowest BCUT2D eigenvalue weighted by Crippen LogP contribution is -2.63. The number of aliphatic hydroxyl groups is 1. The number of rotatable bonds is 6. The summed E-state index contributed by atoms with van der Waals surface area (Å²) in [5.41, 5.74) is -0.679. The molecule has 3 aliphatic rings. The number of ketones is 1. The molecule has 3 aliphatic carbocycles. The molecule has 4 rings (SSSR count). The van der Waals surface area contributed by atoms with Gasteiger partial charge in [0.2, 0.25) is 0 Å². The Balaban J connectivity index is 1.65. The van der Waals surface area contributed by atoms with Crippen molar-refractivity contribution in [2.75, 3.05) is 5.75 Å². The quantitative estimate of drug-likeness (QED) is 0.145. The number of hydrogen-bond donors (Lipinski definition) is 2. The highest BCUT2D eigenvalue weighted by atomic mass is 32.2. The van der Waals surface area contributed by atoms with E-state index in [4.69, 9.17) is 10.6 Å². The maximum atomic E-state index is 13.5. The van der Waals surface area contributed by atoms with Crippen LogP contribution in [0.5, 0.6) is 0 Å². The van der Waals surface area contributed by atoms with Crippen LogP contribution >= 0.6 is 11.8 Å². The molecular weight excluding hydrogens is 474 g/mol. The van der Waals surface area contributed by atoms with Gasteiger partial charge in [-0.25, -0.2) is 0 Å². The molecule has 8 heteroatoms. The van der Waals surface area contributed by atoms with Gasteiger partial charge in [-0.2, -0.15) is 5.10 Å². The standard InChI is InChI=1S/C28H39N3O4S/c1-6-26(4)12-22(35-23(33)16-36-20-11-19(14-31-29)13-30-15-20)27(5)17(2)7-9-28(18(3)25(26)34)10-8-21(32)24(27)28/h6,11,13-15,17-18,22,24-25,34H,1,7-10,12,16,29H2,2-5H3/b31-14+/t17-,18+,22-,24?,25+,26-,27+,28+/m1/s1. The maximum absolute atomic E-state index is 13.5. The molecule has 2 bridgehead atoms. The van der Waals surface area contributed by atoms with E-state index in [0.29, 0.717) is 12.8 Å². The van der Waals surface area contributed by atoms with Crippen LogP contribution in [0.1, 0.15) is 65.4 Å². The number of aromatic nitrogens is 1. The third kappa shape index (κ3) is 4.30. The molecule has 1 unspecified atom stereocenters. The summed E-state index contributed by atoms with van der Waals surface area (Å²) in [6.45, 7) is 12.5. The molecule has 8 atom stereocenters. The van der Waals surface area contributed by atoms with Gasteiger partial charge in [-0.3, -0.25) is 14.6 Å². The van der Waals surface area contributed by atoms with Gasteiger partial charge in [0.1, 0.15) is 11.9 Å². The summed E-state index contributed by atoms with van der Waals surface area (Å²) in [6, 6.07) is 1.86. The van der Waals surface area contributed by atoms with Crippen molar-refractivity contribution in [2.45, 2.75) is 76.9 Å². The van der Waals surface area contributed by atoms with Gasteiger partial charge in [-0.1, -0.05) is 33.8 Å². The molecule has 3 saturated carbocycles. The summed E-state index contributed by atoms with van der Waals surface area (Å²) >= 11 is 1.34. The average Bonchev–Trinajstić information content (AvgIpc) is 3.22. The van der Waals surface area contributed by atoms with Crippen LogP contribution in [0.2, 0.25) is 0 Å². The van der Waals surface area contributed by atoms with Crippen LogP contribution in [0, 0.1) is 34.0 Å². The first kappa shape index (κ1) is 26.9. The zero-order chi connectivity index (χ0) is 26.3. The number of carbonyl (C=O) groups excluding carboxylic acids is 2. The molecule has 0 spiro atoms. The van der Waals surface area contributed by atoms with E-state index in [2.05, 4.69) is 37.4 Å². The number of hydrogen-bond acceptors (Lipinski definition) is 8. The third-order valence-electron chi connectivity index (χ3n) is 9.89. The summed E-state index contributed by atoms with van der Waals surface area (Å²) < 4.78 is 6.28. The molecule has 0 aliphatic heterocycles. The molecule has 1 aromatic rings. The number of thioether (sulfide) groups is 1. The number of esters is 1. The van der Waals surface area contributed by atoms with E-state index in [-0.39, 0.29) is 40.7 Å². The first-order valence-corrected chi connectivity index (χ1v) is 13.9. The minimum Gasteiger partial charge on any atom is -0.461 e. The van der Waals surface area contributed by atoms with Crippen LogP contribution in [0.25, 0.3) is 0 Å². The molecule has 0 saturated heterocycles. The van der Waals surface area contributed by atoms with Crippen molar-refractivity contribution in [3.05, 3.63) is 36.7 Å². The van der Waals surface area contributed by atoms with E-state index < -0.39 is 23.0 Å². The highest BCUT2D eigenvalue weighted by Crippen LogP contribution is 2.68. The molecule has 1 heterocycles. The van der Waals surface area contributed by atoms with Crippen molar-refractivity contribution in [3.63, 3.8) is 0 Å². The van der Waals surface area contributed by atoms with Crippen LogP contribution < -0.4 is 5.84 Å². The SMILES string of the molecule is C=C[C@]1(C)C[C@@H](OC(=O)CSc2cncc(/C=N/N)c2)[C@@]2(C)C3C(=O)CC[C@@]3(CC[C@H]2C)[C@@H](C)[C@@H]1O. The Morgan fingerprint density at radius 2 is 2.11 bits per heavy atom. The molecule has 3 N–H and O–H groups in total. The summed E-state index contributed by atoms with van der Waals surface area (Å²) in [5, 5.41) is 15.1. The highest BCUT2D eigenvalue weighted by molar-refractivity contribution is 8.00. The summed E-state index contributed by atoms with van der Waals surface area (Å²) in [6.07, 6.45) is 9.08. The van der Waals surface area contributed by atoms with Gasteiger partial charge in [-0.05, 0) is 49.0 Å². The molecule has 3 fully saturated rings. The van der Waals surface area contributed by atoms with E-state index >= 15 is 0 Å². The van der Waals surface area contributed by atoms with Crippen molar-refractivity contribution >= 4 is 29.7 Å². The number of carbonyl (C=O) groups is 2. The second-order valence-electron chi connectivity index (χ2n) is 11.6. The number of aliphatic hydroxyl groups excluding tert-OH is 1. The van der Waals surface area contributed by atoms with Gasteiger partial charge in [0.05, 0.1) is 18.1 Å².